The van der Waals surface area contributed by atoms with Gasteiger partial charge in [-0.1, -0.05) is 11.6 Å². The van der Waals surface area contributed by atoms with Crippen molar-refractivity contribution in [3.8, 4) is 17.3 Å². The molecule has 1 amide bonds. The van der Waals surface area contributed by atoms with Gasteiger partial charge in [0.1, 0.15) is 5.82 Å². The van der Waals surface area contributed by atoms with Crippen molar-refractivity contribution in [3.05, 3.63) is 40.8 Å². The van der Waals surface area contributed by atoms with Crippen molar-refractivity contribution in [3.63, 3.8) is 0 Å². The fourth-order valence-electron chi connectivity index (χ4n) is 1.54. The van der Waals surface area contributed by atoms with Crippen LogP contribution in [0.25, 0.3) is 11.4 Å². The average molecular weight is 310 g/mol. The molecule has 0 aliphatic rings. The fraction of sp³-hybridized carbons (Fsp3) is 0.214. The number of rotatable bonds is 2. The Morgan fingerprint density at radius 2 is 2.00 bits per heavy atom. The van der Waals surface area contributed by atoms with E-state index in [0.717, 1.165) is 0 Å². The minimum absolute atomic E-state index is 0.0237. The third-order valence-corrected chi connectivity index (χ3v) is 2.86. The van der Waals surface area contributed by atoms with Gasteiger partial charge in [-0.15, -0.1) is 0 Å². The third kappa shape index (κ3) is 3.66. The van der Waals surface area contributed by atoms with Crippen molar-refractivity contribution >= 4 is 17.7 Å². The number of nitrogens with zero attached hydrogens (tertiary/aromatic N) is 3. The highest BCUT2D eigenvalue weighted by Crippen LogP contribution is 2.24. The molecular weight excluding hydrogens is 297 g/mol. The van der Waals surface area contributed by atoms with Crippen molar-refractivity contribution in [2.24, 2.45) is 0 Å². The van der Waals surface area contributed by atoms with Gasteiger partial charge in [0.2, 0.25) is 5.88 Å². The fourth-order valence-corrected chi connectivity index (χ4v) is 1.72. The molecule has 7 heteroatoms. The second-order valence-electron chi connectivity index (χ2n) is 4.56. The highest BCUT2D eigenvalue weighted by molar-refractivity contribution is 6.31. The van der Waals surface area contributed by atoms with Crippen LogP contribution in [0.15, 0.2) is 24.3 Å². The maximum absolute atomic E-state index is 13.2. The molecule has 1 aromatic carbocycles. The molecule has 1 heterocycles. The van der Waals surface area contributed by atoms with Gasteiger partial charge in [0.25, 0.3) is 0 Å². The van der Waals surface area contributed by atoms with E-state index in [1.165, 1.54) is 29.2 Å². The number of ether oxygens (including phenoxy) is 1. The lowest BCUT2D eigenvalue weighted by atomic mass is 10.2. The van der Waals surface area contributed by atoms with Gasteiger partial charge in [-0.2, -0.15) is 4.98 Å². The van der Waals surface area contributed by atoms with Gasteiger partial charge < -0.3 is 9.64 Å². The first kappa shape index (κ1) is 15.2. The maximum Gasteiger partial charge on any atom is 0.416 e. The molecule has 21 heavy (non-hydrogen) atoms. The molecule has 0 aliphatic heterocycles. The van der Waals surface area contributed by atoms with Crippen molar-refractivity contribution in [1.29, 1.82) is 0 Å². The molecule has 2 rings (SSSR count). The number of benzene rings is 1. The van der Waals surface area contributed by atoms with Crippen LogP contribution in [0.4, 0.5) is 9.18 Å². The Morgan fingerprint density at radius 3 is 2.62 bits per heavy atom. The van der Waals surface area contributed by atoms with Crippen molar-refractivity contribution < 1.29 is 13.9 Å². The molecule has 0 atom stereocenters. The molecule has 110 valence electrons. The summed E-state index contributed by atoms with van der Waals surface area (Å²) in [5, 5.41) is -0.0237. The van der Waals surface area contributed by atoms with Crippen LogP contribution in [0.1, 0.15) is 5.69 Å². The van der Waals surface area contributed by atoms with Gasteiger partial charge in [0, 0.05) is 31.4 Å². The van der Waals surface area contributed by atoms with E-state index in [1.54, 1.807) is 21.0 Å². The molecule has 0 saturated heterocycles. The van der Waals surface area contributed by atoms with Gasteiger partial charge in [-0.25, -0.2) is 14.2 Å². The van der Waals surface area contributed by atoms with Crippen LogP contribution in [0, 0.1) is 12.7 Å². The first-order valence-electron chi connectivity index (χ1n) is 6.07. The predicted molar refractivity (Wildman–Crippen MR) is 76.9 cm³/mol. The van der Waals surface area contributed by atoms with Gasteiger partial charge >= 0.3 is 6.09 Å². The van der Waals surface area contributed by atoms with Gasteiger partial charge in [-0.3, -0.25) is 0 Å². The topological polar surface area (TPSA) is 55.3 Å². The second-order valence-corrected chi connectivity index (χ2v) is 4.97. The minimum Gasteiger partial charge on any atom is -0.391 e. The highest BCUT2D eigenvalue weighted by atomic mass is 35.5. The van der Waals surface area contributed by atoms with Gasteiger partial charge in [-0.05, 0) is 25.1 Å². The summed E-state index contributed by atoms with van der Waals surface area (Å²) >= 11 is 5.75. The monoisotopic (exact) mass is 309 g/mol. The van der Waals surface area contributed by atoms with Crippen molar-refractivity contribution in [2.75, 3.05) is 14.1 Å². The largest absolute Gasteiger partial charge is 0.416 e. The number of halogens is 2. The molecule has 0 saturated carbocycles. The van der Waals surface area contributed by atoms with Crippen LogP contribution in [-0.2, 0) is 0 Å². The average Bonchev–Trinajstić information content (AvgIpc) is 2.41. The molecule has 5 nitrogen and oxygen atoms in total. The molecule has 2 aromatic rings. The molecule has 0 unspecified atom stereocenters. The number of carbonyl (C=O) groups excluding carboxylic acids is 1. The normalized spacial score (nSPS) is 10.3. The molecule has 0 spiro atoms. The van der Waals surface area contributed by atoms with E-state index < -0.39 is 11.9 Å². The molecular formula is C14H13ClFN3O2. The van der Waals surface area contributed by atoms with Crippen LogP contribution in [-0.4, -0.2) is 35.1 Å². The summed E-state index contributed by atoms with van der Waals surface area (Å²) < 4.78 is 18.3. The zero-order valence-corrected chi connectivity index (χ0v) is 12.5. The second kappa shape index (κ2) is 6.05. The van der Waals surface area contributed by atoms with E-state index >= 15 is 0 Å². The molecule has 0 bridgehead atoms. The first-order chi connectivity index (χ1) is 9.86. The summed E-state index contributed by atoms with van der Waals surface area (Å²) in [6.45, 7) is 1.74. The number of hydrogen-bond donors (Lipinski definition) is 0. The standard InChI is InChI=1S/C14H13ClFN3O2/c1-8-6-12(21-14(20)19(2)3)18-13(17-8)9-4-5-11(16)10(15)7-9/h4-7H,1-3H3. The van der Waals surface area contributed by atoms with E-state index in [9.17, 15) is 9.18 Å². The number of aryl methyl sites for hydroxylation is 1. The highest BCUT2D eigenvalue weighted by Gasteiger charge is 2.12. The number of aromatic nitrogens is 2. The van der Waals surface area contributed by atoms with Crippen molar-refractivity contribution in [2.45, 2.75) is 6.92 Å². The molecule has 0 aliphatic carbocycles. The summed E-state index contributed by atoms with van der Waals surface area (Å²) in [6.07, 6.45) is -0.545. The van der Waals surface area contributed by atoms with E-state index in [-0.39, 0.29) is 10.9 Å². The Bertz CT molecular complexity index is 692. The Hall–Kier alpha value is -2.21. The Kier molecular flexibility index (Phi) is 4.37. The summed E-state index contributed by atoms with van der Waals surface area (Å²) in [5.41, 5.74) is 1.15. The summed E-state index contributed by atoms with van der Waals surface area (Å²) in [5.74, 6) is -0.0950. The van der Waals surface area contributed by atoms with Crippen LogP contribution in [0.2, 0.25) is 5.02 Å². The third-order valence-electron chi connectivity index (χ3n) is 2.57. The van der Waals surface area contributed by atoms with Gasteiger partial charge in [0.15, 0.2) is 5.82 Å². The van der Waals surface area contributed by atoms with E-state index in [2.05, 4.69) is 9.97 Å². The van der Waals surface area contributed by atoms with Crippen LogP contribution in [0.3, 0.4) is 0 Å². The van der Waals surface area contributed by atoms with Crippen LogP contribution < -0.4 is 4.74 Å². The Morgan fingerprint density at radius 1 is 1.29 bits per heavy atom. The zero-order valence-electron chi connectivity index (χ0n) is 11.7. The smallest absolute Gasteiger partial charge is 0.391 e. The molecule has 0 N–H and O–H groups in total. The summed E-state index contributed by atoms with van der Waals surface area (Å²) in [6, 6.07) is 5.70. The van der Waals surface area contributed by atoms with Crippen molar-refractivity contribution in [1.82, 2.24) is 14.9 Å². The number of hydrogen-bond acceptors (Lipinski definition) is 4. The quantitative estimate of drug-likeness (QED) is 0.854. The maximum atomic E-state index is 13.2. The zero-order chi connectivity index (χ0) is 15.6. The van der Waals surface area contributed by atoms with Gasteiger partial charge in [0.05, 0.1) is 5.02 Å². The number of amides is 1. The van der Waals surface area contributed by atoms with E-state index in [0.29, 0.717) is 17.1 Å². The Balaban J connectivity index is 2.38. The molecule has 0 radical (unpaired) electrons. The lowest BCUT2D eigenvalue weighted by Gasteiger charge is -2.11. The predicted octanol–water partition coefficient (Wildman–Crippen LogP) is 3.30. The van der Waals surface area contributed by atoms with Crippen LogP contribution in [0.5, 0.6) is 5.88 Å². The first-order valence-corrected chi connectivity index (χ1v) is 6.45. The molecule has 1 aromatic heterocycles. The Labute approximate surface area is 126 Å². The lowest BCUT2D eigenvalue weighted by Crippen LogP contribution is -2.25. The molecule has 0 fully saturated rings. The summed E-state index contributed by atoms with van der Waals surface area (Å²) in [4.78, 5) is 21.2. The van der Waals surface area contributed by atoms with E-state index in [4.69, 9.17) is 16.3 Å². The SMILES string of the molecule is Cc1cc(OC(=O)N(C)C)nc(-c2ccc(F)c(Cl)c2)n1. The van der Waals surface area contributed by atoms with E-state index in [1.807, 2.05) is 0 Å². The summed E-state index contributed by atoms with van der Waals surface area (Å²) in [7, 11) is 3.13. The minimum atomic E-state index is -0.545. The van der Waals surface area contributed by atoms with Crippen LogP contribution >= 0.6 is 11.6 Å². The number of carbonyl (C=O) groups is 1. The lowest BCUT2D eigenvalue weighted by molar-refractivity contribution is 0.170.